The lowest BCUT2D eigenvalue weighted by Gasteiger charge is -2.12. The molecule has 0 aliphatic carbocycles. The highest BCUT2D eigenvalue weighted by molar-refractivity contribution is 6.05. The number of carbonyl (C=O) groups excluding carboxylic acids is 1. The Morgan fingerprint density at radius 2 is 1.80 bits per heavy atom. The molecule has 2 rings (SSSR count). The van der Waals surface area contributed by atoms with Gasteiger partial charge in [-0.3, -0.25) is 4.79 Å². The zero-order chi connectivity index (χ0) is 14.8. The predicted octanol–water partition coefficient (Wildman–Crippen LogP) is 3.49. The molecule has 7 heteroatoms. The van der Waals surface area contributed by atoms with E-state index in [1.165, 1.54) is 18.2 Å². The Labute approximate surface area is 111 Å². The number of rotatable bonds is 2. The maximum Gasteiger partial charge on any atom is 0.417 e. The molecule has 0 aliphatic heterocycles. The maximum atomic E-state index is 12.8. The highest BCUT2D eigenvalue weighted by Gasteiger charge is 2.34. The first-order chi connectivity index (χ1) is 9.38. The number of nitrogens with zero attached hydrogens (tertiary/aromatic N) is 1. The summed E-state index contributed by atoms with van der Waals surface area (Å²) in [6, 6.07) is 6.60. The second-order valence-electron chi connectivity index (χ2n) is 3.87. The fourth-order valence-corrected chi connectivity index (χ4v) is 1.58. The second-order valence-corrected chi connectivity index (χ2v) is 3.87. The molecule has 0 aliphatic rings. The smallest absolute Gasteiger partial charge is 0.321 e. The molecule has 1 aromatic heterocycles. The Morgan fingerprint density at radius 1 is 1.10 bits per heavy atom. The van der Waals surface area contributed by atoms with Crippen molar-refractivity contribution < 1.29 is 22.4 Å². The summed E-state index contributed by atoms with van der Waals surface area (Å²) in [5, 5.41) is 2.23. The number of alkyl halides is 3. The zero-order valence-corrected chi connectivity index (χ0v) is 9.91. The molecule has 0 saturated carbocycles. The van der Waals surface area contributed by atoms with Gasteiger partial charge in [-0.25, -0.2) is 4.98 Å². The largest absolute Gasteiger partial charge is 0.417 e. The number of hydrogen-bond acceptors (Lipinski definition) is 2. The molecule has 104 valence electrons. The highest BCUT2D eigenvalue weighted by atomic mass is 19.4. The number of anilines is 1. The van der Waals surface area contributed by atoms with E-state index < -0.39 is 29.2 Å². The Balaban J connectivity index is 2.28. The molecule has 0 bridgehead atoms. The molecule has 2 aromatic rings. The molecule has 0 spiro atoms. The first-order valence-electron chi connectivity index (χ1n) is 5.47. The van der Waals surface area contributed by atoms with Crippen molar-refractivity contribution in [1.29, 1.82) is 0 Å². The summed E-state index contributed by atoms with van der Waals surface area (Å²) in [6.45, 7) is 0. The van der Waals surface area contributed by atoms with Crippen molar-refractivity contribution in [3.05, 3.63) is 59.7 Å². The van der Waals surface area contributed by atoms with Gasteiger partial charge in [0.25, 0.3) is 5.91 Å². The van der Waals surface area contributed by atoms with Crippen molar-refractivity contribution in [2.45, 2.75) is 6.18 Å². The summed E-state index contributed by atoms with van der Waals surface area (Å²) in [6.07, 6.45) is -3.61. The lowest BCUT2D eigenvalue weighted by atomic mass is 10.1. The Hall–Kier alpha value is -2.44. The van der Waals surface area contributed by atoms with Crippen LogP contribution in [0.1, 0.15) is 15.9 Å². The van der Waals surface area contributed by atoms with E-state index in [2.05, 4.69) is 10.3 Å². The normalized spacial score (nSPS) is 11.2. The second kappa shape index (κ2) is 5.28. The molecule has 1 amide bonds. The third-order valence-corrected chi connectivity index (χ3v) is 2.46. The van der Waals surface area contributed by atoms with Gasteiger partial charge in [-0.15, -0.1) is 0 Å². The summed E-state index contributed by atoms with van der Waals surface area (Å²) in [4.78, 5) is 15.1. The fraction of sp³-hybridized carbons (Fsp3) is 0.0769. The van der Waals surface area contributed by atoms with Crippen molar-refractivity contribution in [1.82, 2.24) is 4.98 Å². The van der Waals surface area contributed by atoms with Crippen LogP contribution in [0.5, 0.6) is 0 Å². The quantitative estimate of drug-likeness (QED) is 0.677. The van der Waals surface area contributed by atoms with Crippen LogP contribution in [-0.2, 0) is 6.18 Å². The van der Waals surface area contributed by atoms with Crippen LogP contribution < -0.4 is 5.32 Å². The Morgan fingerprint density at radius 3 is 2.40 bits per heavy atom. The standard InChI is InChI=1S/C13H8F4N2O/c14-11-6-5-8(7-18-11)19-12(20)9-3-1-2-4-10(9)13(15,16)17/h1-7H,(H,19,20). The minimum absolute atomic E-state index is 0.105. The van der Waals surface area contributed by atoms with E-state index in [1.807, 2.05) is 0 Å². The van der Waals surface area contributed by atoms with Gasteiger partial charge in [0.1, 0.15) is 0 Å². The maximum absolute atomic E-state index is 12.8. The van der Waals surface area contributed by atoms with Crippen molar-refractivity contribution in [3.63, 3.8) is 0 Å². The lowest BCUT2D eigenvalue weighted by molar-refractivity contribution is -0.137. The predicted molar refractivity (Wildman–Crippen MR) is 63.6 cm³/mol. The third kappa shape index (κ3) is 3.11. The molecule has 3 nitrogen and oxygen atoms in total. The number of hydrogen-bond donors (Lipinski definition) is 1. The van der Waals surface area contributed by atoms with Crippen LogP contribution in [0.25, 0.3) is 0 Å². The van der Waals surface area contributed by atoms with Gasteiger partial charge in [-0.2, -0.15) is 17.6 Å². The molecule has 0 atom stereocenters. The van der Waals surface area contributed by atoms with Gasteiger partial charge in [0.2, 0.25) is 5.95 Å². The molecule has 0 radical (unpaired) electrons. The van der Waals surface area contributed by atoms with Gasteiger partial charge in [-0.1, -0.05) is 12.1 Å². The summed E-state index contributed by atoms with van der Waals surface area (Å²) in [5.41, 5.74) is -1.44. The molecular weight excluding hydrogens is 276 g/mol. The van der Waals surface area contributed by atoms with Crippen LogP contribution >= 0.6 is 0 Å². The average Bonchev–Trinajstić information content (AvgIpc) is 2.40. The Kier molecular flexibility index (Phi) is 3.69. The van der Waals surface area contributed by atoms with Gasteiger partial charge in [-0.05, 0) is 24.3 Å². The number of pyridine rings is 1. The SMILES string of the molecule is O=C(Nc1ccc(F)nc1)c1ccccc1C(F)(F)F. The van der Waals surface area contributed by atoms with Crippen LogP contribution in [0, 0.1) is 5.95 Å². The van der Waals surface area contributed by atoms with E-state index in [1.54, 1.807) is 0 Å². The highest BCUT2D eigenvalue weighted by Crippen LogP contribution is 2.32. The minimum Gasteiger partial charge on any atom is -0.321 e. The minimum atomic E-state index is -4.63. The average molecular weight is 284 g/mol. The molecule has 0 saturated heterocycles. The van der Waals surface area contributed by atoms with Crippen molar-refractivity contribution in [2.24, 2.45) is 0 Å². The number of amides is 1. The monoisotopic (exact) mass is 284 g/mol. The first kappa shape index (κ1) is 14.0. The summed E-state index contributed by atoms with van der Waals surface area (Å²) in [7, 11) is 0. The van der Waals surface area contributed by atoms with E-state index in [0.29, 0.717) is 0 Å². The van der Waals surface area contributed by atoms with Crippen LogP contribution in [0.3, 0.4) is 0 Å². The van der Waals surface area contributed by atoms with Crippen molar-refractivity contribution in [2.75, 3.05) is 5.32 Å². The van der Waals surface area contributed by atoms with Gasteiger partial charge in [0, 0.05) is 0 Å². The molecule has 1 aromatic carbocycles. The zero-order valence-electron chi connectivity index (χ0n) is 9.91. The van der Waals surface area contributed by atoms with Crippen molar-refractivity contribution in [3.8, 4) is 0 Å². The summed E-state index contributed by atoms with van der Waals surface area (Å²) in [5.74, 6) is -1.69. The van der Waals surface area contributed by atoms with Crippen LogP contribution in [0.15, 0.2) is 42.6 Å². The van der Waals surface area contributed by atoms with Gasteiger partial charge < -0.3 is 5.32 Å². The molecule has 0 unspecified atom stereocenters. The molecule has 0 fully saturated rings. The van der Waals surface area contributed by atoms with Gasteiger partial charge >= 0.3 is 6.18 Å². The van der Waals surface area contributed by atoms with Crippen LogP contribution in [0.4, 0.5) is 23.2 Å². The molecule has 1 heterocycles. The molecule has 20 heavy (non-hydrogen) atoms. The molecular formula is C13H8F4N2O. The van der Waals surface area contributed by atoms with Gasteiger partial charge in [0.15, 0.2) is 0 Å². The van der Waals surface area contributed by atoms with Crippen LogP contribution in [0.2, 0.25) is 0 Å². The fourth-order valence-electron chi connectivity index (χ4n) is 1.58. The van der Waals surface area contributed by atoms with Crippen molar-refractivity contribution >= 4 is 11.6 Å². The third-order valence-electron chi connectivity index (χ3n) is 2.46. The number of aromatic nitrogens is 1. The van der Waals surface area contributed by atoms with E-state index in [4.69, 9.17) is 0 Å². The molecule has 1 N–H and O–H groups in total. The van der Waals surface area contributed by atoms with E-state index in [0.717, 1.165) is 24.4 Å². The van der Waals surface area contributed by atoms with Gasteiger partial charge in [0.05, 0.1) is 23.0 Å². The number of carbonyl (C=O) groups is 1. The summed E-state index contributed by atoms with van der Waals surface area (Å²) < 4.78 is 50.9. The van der Waals surface area contributed by atoms with E-state index in [9.17, 15) is 22.4 Å². The number of benzene rings is 1. The number of nitrogens with one attached hydrogen (secondary N) is 1. The van der Waals surface area contributed by atoms with E-state index in [-0.39, 0.29) is 5.69 Å². The van der Waals surface area contributed by atoms with Crippen LogP contribution in [-0.4, -0.2) is 10.9 Å². The first-order valence-corrected chi connectivity index (χ1v) is 5.47. The Bertz CT molecular complexity index is 623. The topological polar surface area (TPSA) is 42.0 Å². The number of halogens is 4. The lowest BCUT2D eigenvalue weighted by Crippen LogP contribution is -2.18. The summed E-state index contributed by atoms with van der Waals surface area (Å²) >= 11 is 0. The van der Waals surface area contributed by atoms with E-state index >= 15 is 0 Å².